The summed E-state index contributed by atoms with van der Waals surface area (Å²) in [5, 5.41) is 9.30. The van der Waals surface area contributed by atoms with Gasteiger partial charge in [-0.3, -0.25) is 9.59 Å². The number of carboxylic acids is 1. The Bertz CT molecular complexity index is 271. The predicted molar refractivity (Wildman–Crippen MR) is 61.1 cm³/mol. The van der Waals surface area contributed by atoms with Gasteiger partial charge < -0.3 is 10.0 Å². The molecule has 0 unspecified atom stereocenters. The first-order valence-corrected chi connectivity index (χ1v) is 6.07. The van der Waals surface area contributed by atoms with Gasteiger partial charge in [0.15, 0.2) is 0 Å². The maximum atomic E-state index is 11.7. The number of carbonyl (C=O) groups is 2. The Hall–Kier alpha value is -1.06. The molecule has 1 fully saturated rings. The molecule has 1 aliphatic heterocycles. The van der Waals surface area contributed by atoms with Crippen molar-refractivity contribution in [2.45, 2.75) is 46.0 Å². The van der Waals surface area contributed by atoms with E-state index in [-0.39, 0.29) is 5.91 Å². The van der Waals surface area contributed by atoms with Crippen LogP contribution in [0.5, 0.6) is 0 Å². The summed E-state index contributed by atoms with van der Waals surface area (Å²) in [6.45, 7) is 4.85. The Morgan fingerprint density at radius 3 is 2.44 bits per heavy atom. The zero-order valence-corrected chi connectivity index (χ0v) is 10.2. The summed E-state index contributed by atoms with van der Waals surface area (Å²) < 4.78 is 0. The predicted octanol–water partition coefficient (Wildman–Crippen LogP) is 1.89. The van der Waals surface area contributed by atoms with Gasteiger partial charge in [-0.2, -0.15) is 0 Å². The number of carbonyl (C=O) groups excluding carboxylic acids is 1. The fourth-order valence-corrected chi connectivity index (χ4v) is 2.24. The van der Waals surface area contributed by atoms with Crippen LogP contribution >= 0.6 is 0 Å². The summed E-state index contributed by atoms with van der Waals surface area (Å²) in [7, 11) is 0. The van der Waals surface area contributed by atoms with Crippen LogP contribution in [0.15, 0.2) is 0 Å². The average molecular weight is 227 g/mol. The number of amides is 1. The lowest BCUT2D eigenvalue weighted by atomic mass is 9.81. The van der Waals surface area contributed by atoms with Gasteiger partial charge in [0.05, 0.1) is 5.41 Å². The minimum atomic E-state index is -0.782. The standard InChI is InChI=1S/C12H21NO3/c1-3-12(4-2,11(15)16)9-13-8-6-5-7-10(13)14/h3-9H2,1-2H3,(H,15,16). The van der Waals surface area contributed by atoms with Crippen molar-refractivity contribution in [1.82, 2.24) is 4.90 Å². The Morgan fingerprint density at radius 1 is 1.38 bits per heavy atom. The highest BCUT2D eigenvalue weighted by atomic mass is 16.4. The first-order valence-electron chi connectivity index (χ1n) is 6.07. The van der Waals surface area contributed by atoms with Crippen molar-refractivity contribution in [3.05, 3.63) is 0 Å². The molecule has 4 heteroatoms. The summed E-state index contributed by atoms with van der Waals surface area (Å²) >= 11 is 0. The van der Waals surface area contributed by atoms with Gasteiger partial charge in [0, 0.05) is 19.5 Å². The third kappa shape index (κ3) is 2.54. The number of aliphatic carboxylic acids is 1. The highest BCUT2D eigenvalue weighted by molar-refractivity contribution is 5.79. The first-order chi connectivity index (χ1) is 7.55. The molecule has 0 aliphatic carbocycles. The fraction of sp³-hybridized carbons (Fsp3) is 0.833. The number of carboxylic acid groups (broad SMARTS) is 1. The number of piperidine rings is 1. The molecule has 1 aliphatic rings. The van der Waals surface area contributed by atoms with Crippen LogP contribution in [-0.2, 0) is 9.59 Å². The van der Waals surface area contributed by atoms with E-state index in [1.807, 2.05) is 13.8 Å². The van der Waals surface area contributed by atoms with Crippen molar-refractivity contribution in [3.8, 4) is 0 Å². The lowest BCUT2D eigenvalue weighted by Crippen LogP contribution is -2.46. The van der Waals surface area contributed by atoms with Crippen molar-refractivity contribution >= 4 is 11.9 Å². The highest BCUT2D eigenvalue weighted by Gasteiger charge is 2.38. The van der Waals surface area contributed by atoms with Gasteiger partial charge in [-0.05, 0) is 25.7 Å². The van der Waals surface area contributed by atoms with E-state index in [1.165, 1.54) is 0 Å². The minimum Gasteiger partial charge on any atom is -0.481 e. The summed E-state index contributed by atoms with van der Waals surface area (Å²) in [4.78, 5) is 24.7. The van der Waals surface area contributed by atoms with Gasteiger partial charge in [0.25, 0.3) is 0 Å². The second-order valence-electron chi connectivity index (χ2n) is 4.56. The molecular formula is C12H21NO3. The van der Waals surface area contributed by atoms with E-state index in [2.05, 4.69) is 0 Å². The number of rotatable bonds is 5. The molecule has 0 spiro atoms. The molecule has 0 atom stereocenters. The second-order valence-corrected chi connectivity index (χ2v) is 4.56. The maximum Gasteiger partial charge on any atom is 0.311 e. The second kappa shape index (κ2) is 5.32. The van der Waals surface area contributed by atoms with Gasteiger partial charge in [-0.15, -0.1) is 0 Å². The van der Waals surface area contributed by atoms with E-state index in [9.17, 15) is 14.7 Å². The van der Waals surface area contributed by atoms with Gasteiger partial charge in [0.2, 0.25) is 5.91 Å². The van der Waals surface area contributed by atoms with Gasteiger partial charge in [0.1, 0.15) is 0 Å². The molecule has 1 amide bonds. The Morgan fingerprint density at radius 2 is 2.00 bits per heavy atom. The summed E-state index contributed by atoms with van der Waals surface area (Å²) in [5.41, 5.74) is -0.757. The van der Waals surface area contributed by atoms with E-state index < -0.39 is 11.4 Å². The molecule has 0 radical (unpaired) electrons. The maximum absolute atomic E-state index is 11.7. The monoisotopic (exact) mass is 227 g/mol. The van der Waals surface area contributed by atoms with Gasteiger partial charge >= 0.3 is 5.97 Å². The van der Waals surface area contributed by atoms with E-state index in [0.717, 1.165) is 12.8 Å². The lowest BCUT2D eigenvalue weighted by molar-refractivity contribution is -0.152. The van der Waals surface area contributed by atoms with Crippen molar-refractivity contribution in [2.75, 3.05) is 13.1 Å². The average Bonchev–Trinajstić information content (AvgIpc) is 2.28. The van der Waals surface area contributed by atoms with E-state index in [0.29, 0.717) is 32.4 Å². The number of likely N-dealkylation sites (tertiary alicyclic amines) is 1. The molecule has 4 nitrogen and oxygen atoms in total. The molecule has 0 aromatic carbocycles. The molecule has 1 N–H and O–H groups in total. The van der Waals surface area contributed by atoms with Crippen molar-refractivity contribution in [3.63, 3.8) is 0 Å². The normalized spacial score (nSPS) is 17.6. The lowest BCUT2D eigenvalue weighted by Gasteiger charge is -2.35. The Labute approximate surface area is 96.6 Å². The van der Waals surface area contributed by atoms with E-state index in [1.54, 1.807) is 4.90 Å². The quantitative estimate of drug-likeness (QED) is 0.780. The SMILES string of the molecule is CCC(CC)(CN1CCCCC1=O)C(=O)O. The molecule has 0 bridgehead atoms. The van der Waals surface area contributed by atoms with Crippen LogP contribution in [-0.4, -0.2) is 35.0 Å². The summed E-state index contributed by atoms with van der Waals surface area (Å²) in [6, 6.07) is 0. The zero-order chi connectivity index (χ0) is 12.2. The Balaban J connectivity index is 2.74. The smallest absolute Gasteiger partial charge is 0.311 e. The molecule has 1 heterocycles. The molecule has 0 aromatic rings. The van der Waals surface area contributed by atoms with Crippen LogP contribution in [0.25, 0.3) is 0 Å². The Kier molecular flexibility index (Phi) is 4.33. The molecule has 92 valence electrons. The van der Waals surface area contributed by atoms with E-state index in [4.69, 9.17) is 0 Å². The molecule has 1 saturated heterocycles. The highest BCUT2D eigenvalue weighted by Crippen LogP contribution is 2.29. The van der Waals surface area contributed by atoms with Crippen LogP contribution in [0.2, 0.25) is 0 Å². The van der Waals surface area contributed by atoms with Crippen molar-refractivity contribution < 1.29 is 14.7 Å². The number of nitrogens with zero attached hydrogens (tertiary/aromatic N) is 1. The molecule has 1 rings (SSSR count). The molecular weight excluding hydrogens is 206 g/mol. The molecule has 0 aromatic heterocycles. The van der Waals surface area contributed by atoms with Crippen LogP contribution in [0.4, 0.5) is 0 Å². The summed E-state index contributed by atoms with van der Waals surface area (Å²) in [5.74, 6) is -0.672. The van der Waals surface area contributed by atoms with Crippen LogP contribution in [0.1, 0.15) is 46.0 Å². The van der Waals surface area contributed by atoms with Crippen LogP contribution in [0.3, 0.4) is 0 Å². The third-order valence-corrected chi connectivity index (χ3v) is 3.72. The zero-order valence-electron chi connectivity index (χ0n) is 10.2. The molecule has 0 saturated carbocycles. The van der Waals surface area contributed by atoms with Crippen LogP contribution in [0, 0.1) is 5.41 Å². The topological polar surface area (TPSA) is 57.6 Å². The minimum absolute atomic E-state index is 0.110. The van der Waals surface area contributed by atoms with Crippen LogP contribution < -0.4 is 0 Å². The van der Waals surface area contributed by atoms with Gasteiger partial charge in [-0.1, -0.05) is 13.8 Å². The largest absolute Gasteiger partial charge is 0.481 e. The third-order valence-electron chi connectivity index (χ3n) is 3.72. The molecule has 16 heavy (non-hydrogen) atoms. The fourth-order valence-electron chi connectivity index (χ4n) is 2.24. The van der Waals surface area contributed by atoms with E-state index >= 15 is 0 Å². The van der Waals surface area contributed by atoms with Gasteiger partial charge in [-0.25, -0.2) is 0 Å². The van der Waals surface area contributed by atoms with Crippen molar-refractivity contribution in [2.24, 2.45) is 5.41 Å². The first kappa shape index (κ1) is 13.0. The number of hydrogen-bond acceptors (Lipinski definition) is 2. The number of hydrogen-bond donors (Lipinski definition) is 1. The summed E-state index contributed by atoms with van der Waals surface area (Å²) in [6.07, 6.45) is 3.65. The van der Waals surface area contributed by atoms with Crippen molar-refractivity contribution in [1.29, 1.82) is 0 Å².